The van der Waals surface area contributed by atoms with E-state index in [0.29, 0.717) is 4.90 Å². The van der Waals surface area contributed by atoms with E-state index in [1.807, 2.05) is 0 Å². The summed E-state index contributed by atoms with van der Waals surface area (Å²) >= 11 is 0. The van der Waals surface area contributed by atoms with Gasteiger partial charge in [0, 0.05) is 0 Å². The van der Waals surface area contributed by atoms with Gasteiger partial charge in [-0.2, -0.15) is 0 Å². The second-order valence-electron chi connectivity index (χ2n) is 4.40. The maximum absolute atomic E-state index is 14.2. The van der Waals surface area contributed by atoms with Crippen LogP contribution in [-0.4, -0.2) is 18.9 Å². The Kier molecular flexibility index (Phi) is 2.94. The van der Waals surface area contributed by atoms with Crippen LogP contribution in [0.5, 0.6) is 5.75 Å². The number of hydrogen-bond acceptors (Lipinski definition) is 3. The molecule has 4 nitrogen and oxygen atoms in total. The average Bonchev–Trinajstić information content (AvgIpc) is 2.73. The van der Waals surface area contributed by atoms with Crippen molar-refractivity contribution in [1.29, 1.82) is 0 Å². The zero-order chi connectivity index (χ0) is 15.1. The van der Waals surface area contributed by atoms with Crippen LogP contribution in [0, 0.1) is 11.6 Å². The first-order chi connectivity index (χ1) is 10.1. The van der Waals surface area contributed by atoms with Crippen LogP contribution >= 0.6 is 0 Å². The van der Waals surface area contributed by atoms with Gasteiger partial charge < -0.3 is 4.74 Å². The van der Waals surface area contributed by atoms with Crippen molar-refractivity contribution in [3.05, 3.63) is 59.2 Å². The maximum atomic E-state index is 14.2. The van der Waals surface area contributed by atoms with Gasteiger partial charge in [-0.25, -0.2) is 13.7 Å². The number of ether oxygens (including phenoxy) is 1. The van der Waals surface area contributed by atoms with Crippen LogP contribution in [0.4, 0.5) is 14.5 Å². The summed E-state index contributed by atoms with van der Waals surface area (Å²) in [6.07, 6.45) is 0. The fraction of sp³-hybridized carbons (Fsp3) is 0.0667. The minimum Gasteiger partial charge on any atom is -0.494 e. The van der Waals surface area contributed by atoms with Gasteiger partial charge in [-0.15, -0.1) is 0 Å². The Morgan fingerprint density at radius 1 is 0.952 bits per heavy atom. The largest absolute Gasteiger partial charge is 0.494 e. The highest BCUT2D eigenvalue weighted by Gasteiger charge is 2.39. The number of halogens is 2. The van der Waals surface area contributed by atoms with Gasteiger partial charge >= 0.3 is 0 Å². The molecule has 0 aromatic heterocycles. The molecule has 1 aliphatic heterocycles. The Balaban J connectivity index is 2.20. The monoisotopic (exact) mass is 289 g/mol. The van der Waals surface area contributed by atoms with E-state index in [1.165, 1.54) is 19.2 Å². The molecule has 21 heavy (non-hydrogen) atoms. The highest BCUT2D eigenvalue weighted by atomic mass is 19.1. The summed E-state index contributed by atoms with van der Waals surface area (Å²) in [5, 5.41) is 0. The van der Waals surface area contributed by atoms with Crippen molar-refractivity contribution in [3.8, 4) is 5.75 Å². The van der Waals surface area contributed by atoms with E-state index in [-0.39, 0.29) is 16.9 Å². The highest BCUT2D eigenvalue weighted by Crippen LogP contribution is 2.35. The molecular weight excluding hydrogens is 280 g/mol. The number of hydrogen-bond donors (Lipinski definition) is 0. The van der Waals surface area contributed by atoms with E-state index in [2.05, 4.69) is 0 Å². The van der Waals surface area contributed by atoms with Gasteiger partial charge in [-0.3, -0.25) is 9.59 Å². The molecule has 0 fully saturated rings. The molecule has 106 valence electrons. The van der Waals surface area contributed by atoms with Crippen LogP contribution in [-0.2, 0) is 0 Å². The van der Waals surface area contributed by atoms with E-state index in [1.54, 1.807) is 12.1 Å². The predicted octanol–water partition coefficient (Wildman–Crippen LogP) is 2.77. The third kappa shape index (κ3) is 1.79. The van der Waals surface area contributed by atoms with E-state index in [9.17, 15) is 18.4 Å². The first kappa shape index (κ1) is 13.2. The Hall–Kier alpha value is -2.76. The molecule has 2 aromatic rings. The summed E-state index contributed by atoms with van der Waals surface area (Å²) in [6.45, 7) is 0. The first-order valence-corrected chi connectivity index (χ1v) is 6.06. The lowest BCUT2D eigenvalue weighted by Gasteiger charge is -2.17. The molecule has 0 bridgehead atoms. The topological polar surface area (TPSA) is 46.6 Å². The quantitative estimate of drug-likeness (QED) is 0.799. The van der Waals surface area contributed by atoms with Gasteiger partial charge in [-0.1, -0.05) is 12.1 Å². The molecule has 0 atom stereocenters. The van der Waals surface area contributed by atoms with Gasteiger partial charge in [0.2, 0.25) is 0 Å². The van der Waals surface area contributed by atoms with Crippen molar-refractivity contribution >= 4 is 17.5 Å². The third-order valence-electron chi connectivity index (χ3n) is 3.27. The smallest absolute Gasteiger partial charge is 0.266 e. The average molecular weight is 289 g/mol. The summed E-state index contributed by atoms with van der Waals surface area (Å²) in [5.41, 5.74) is -0.492. The lowest BCUT2D eigenvalue weighted by molar-refractivity contribution is 0.0923. The number of benzene rings is 2. The number of methoxy groups -OCH3 is 1. The summed E-state index contributed by atoms with van der Waals surface area (Å²) in [7, 11) is 1.21. The fourth-order valence-electron chi connectivity index (χ4n) is 2.28. The second-order valence-corrected chi connectivity index (χ2v) is 4.40. The number of carbonyl (C=O) groups is 2. The molecular formula is C15H9F2NO3. The molecule has 1 aliphatic rings. The van der Waals surface area contributed by atoms with Crippen LogP contribution in [0.3, 0.4) is 0 Å². The van der Waals surface area contributed by atoms with Crippen molar-refractivity contribution in [2.45, 2.75) is 0 Å². The minimum absolute atomic E-state index is 0.115. The molecule has 0 aliphatic carbocycles. The van der Waals surface area contributed by atoms with Crippen molar-refractivity contribution < 1.29 is 23.1 Å². The van der Waals surface area contributed by atoms with Gasteiger partial charge in [-0.05, 0) is 24.3 Å². The van der Waals surface area contributed by atoms with Crippen molar-refractivity contribution in [1.82, 2.24) is 0 Å². The minimum atomic E-state index is -1.09. The summed E-state index contributed by atoms with van der Waals surface area (Å²) in [4.78, 5) is 25.0. The molecule has 0 spiro atoms. The first-order valence-electron chi connectivity index (χ1n) is 6.06. The number of amides is 2. The lowest BCUT2D eigenvalue weighted by Crippen LogP contribution is -2.31. The summed E-state index contributed by atoms with van der Waals surface area (Å²) in [5.74, 6) is -3.87. The lowest BCUT2D eigenvalue weighted by atomic mass is 10.1. The SMILES string of the molecule is COc1ccc(F)c(N2C(=O)c3ccccc3C2=O)c1F. The van der Waals surface area contributed by atoms with E-state index in [0.717, 1.165) is 12.1 Å². The van der Waals surface area contributed by atoms with Gasteiger partial charge in [0.1, 0.15) is 5.69 Å². The Bertz CT molecular complexity index is 739. The van der Waals surface area contributed by atoms with E-state index in [4.69, 9.17) is 4.74 Å². The zero-order valence-corrected chi connectivity index (χ0v) is 10.9. The van der Waals surface area contributed by atoms with Gasteiger partial charge in [0.15, 0.2) is 17.4 Å². The number of imide groups is 1. The molecule has 2 amide bonds. The summed E-state index contributed by atoms with van der Waals surface area (Å²) < 4.78 is 32.9. The maximum Gasteiger partial charge on any atom is 0.266 e. The molecule has 0 saturated heterocycles. The zero-order valence-electron chi connectivity index (χ0n) is 10.9. The number of carbonyl (C=O) groups excluding carboxylic acids is 2. The van der Waals surface area contributed by atoms with Crippen molar-refractivity contribution in [2.75, 3.05) is 12.0 Å². The second kappa shape index (κ2) is 4.66. The molecule has 1 heterocycles. The number of anilines is 1. The Morgan fingerprint density at radius 3 is 2.05 bits per heavy atom. The fourth-order valence-corrected chi connectivity index (χ4v) is 2.28. The van der Waals surface area contributed by atoms with Crippen molar-refractivity contribution in [2.24, 2.45) is 0 Å². The molecule has 0 unspecified atom stereocenters. The molecule has 2 aromatic carbocycles. The molecule has 0 saturated carbocycles. The Labute approximate surface area is 118 Å². The molecule has 3 rings (SSSR count). The van der Waals surface area contributed by atoms with Gasteiger partial charge in [0.25, 0.3) is 11.8 Å². The highest BCUT2D eigenvalue weighted by molar-refractivity contribution is 6.34. The van der Waals surface area contributed by atoms with Gasteiger partial charge in [0.05, 0.1) is 18.2 Å². The normalized spacial score (nSPS) is 13.6. The number of nitrogens with zero attached hydrogens (tertiary/aromatic N) is 1. The third-order valence-corrected chi connectivity index (χ3v) is 3.27. The molecule has 0 radical (unpaired) electrons. The molecule has 0 N–H and O–H groups in total. The standard InChI is InChI=1S/C15H9F2NO3/c1-21-11-7-6-10(16)13(12(11)17)18-14(19)8-4-2-3-5-9(8)15(18)20/h2-7H,1H3. The van der Waals surface area contributed by atoms with E-state index < -0.39 is 29.1 Å². The van der Waals surface area contributed by atoms with Crippen LogP contribution in [0.1, 0.15) is 20.7 Å². The molecule has 6 heteroatoms. The van der Waals surface area contributed by atoms with Crippen molar-refractivity contribution in [3.63, 3.8) is 0 Å². The van der Waals surface area contributed by atoms with Crippen LogP contribution < -0.4 is 9.64 Å². The van der Waals surface area contributed by atoms with E-state index >= 15 is 0 Å². The Morgan fingerprint density at radius 2 is 1.52 bits per heavy atom. The van der Waals surface area contributed by atoms with Crippen LogP contribution in [0.2, 0.25) is 0 Å². The summed E-state index contributed by atoms with van der Waals surface area (Å²) in [6, 6.07) is 8.06. The van der Waals surface area contributed by atoms with Crippen LogP contribution in [0.25, 0.3) is 0 Å². The number of rotatable bonds is 2. The number of fused-ring (bicyclic) bond motifs is 1. The predicted molar refractivity (Wildman–Crippen MR) is 70.5 cm³/mol. The van der Waals surface area contributed by atoms with Crippen LogP contribution in [0.15, 0.2) is 36.4 Å².